The summed E-state index contributed by atoms with van der Waals surface area (Å²) in [6.07, 6.45) is 1.51. The number of piperazine rings is 1. The first-order valence-electron chi connectivity index (χ1n) is 5.44. The molecular weight excluding hydrogens is 218 g/mol. The lowest BCUT2D eigenvalue weighted by atomic mass is 10.2. The normalized spacial score (nSPS) is 15.5. The van der Waals surface area contributed by atoms with Crippen molar-refractivity contribution in [2.24, 2.45) is 0 Å². The lowest BCUT2D eigenvalue weighted by Crippen LogP contribution is -2.48. The van der Waals surface area contributed by atoms with E-state index in [2.05, 4.69) is 16.3 Å². The van der Waals surface area contributed by atoms with Gasteiger partial charge in [-0.3, -0.25) is 4.79 Å². The van der Waals surface area contributed by atoms with Crippen LogP contribution in [0.4, 0.5) is 5.82 Å². The molecule has 1 aliphatic rings. The molecule has 0 aliphatic carbocycles. The summed E-state index contributed by atoms with van der Waals surface area (Å²) >= 11 is 0. The van der Waals surface area contributed by atoms with Crippen LogP contribution in [0.5, 0.6) is 0 Å². The predicted octanol–water partition coefficient (Wildman–Crippen LogP) is 0.0168. The van der Waals surface area contributed by atoms with Gasteiger partial charge in [-0.05, 0) is 6.07 Å². The van der Waals surface area contributed by atoms with Crippen LogP contribution in [0.1, 0.15) is 12.5 Å². The van der Waals surface area contributed by atoms with Crippen molar-refractivity contribution in [3.63, 3.8) is 0 Å². The van der Waals surface area contributed by atoms with Gasteiger partial charge in [-0.2, -0.15) is 10.4 Å². The highest BCUT2D eigenvalue weighted by Crippen LogP contribution is 2.16. The Hall–Kier alpha value is -2.16. The topological polar surface area (TPSA) is 73.1 Å². The standard InChI is InChI=1S/C11H13N5O/c1-9(17)15-4-6-16(7-5-15)11-10(8-12)2-3-13-14-11/h2-3H,4-7H2,1H3. The van der Waals surface area contributed by atoms with Gasteiger partial charge in [0.15, 0.2) is 5.82 Å². The molecule has 88 valence electrons. The molecule has 17 heavy (non-hydrogen) atoms. The second-order valence-corrected chi connectivity index (χ2v) is 3.87. The van der Waals surface area contributed by atoms with E-state index in [0.717, 1.165) is 0 Å². The smallest absolute Gasteiger partial charge is 0.219 e. The van der Waals surface area contributed by atoms with Crippen molar-refractivity contribution in [3.05, 3.63) is 17.8 Å². The van der Waals surface area contributed by atoms with Crippen molar-refractivity contribution in [2.75, 3.05) is 31.1 Å². The number of rotatable bonds is 1. The summed E-state index contributed by atoms with van der Waals surface area (Å²) in [5.41, 5.74) is 0.524. The quantitative estimate of drug-likeness (QED) is 0.681. The number of nitrogens with zero attached hydrogens (tertiary/aromatic N) is 5. The Morgan fingerprint density at radius 2 is 2.12 bits per heavy atom. The summed E-state index contributed by atoms with van der Waals surface area (Å²) in [6, 6.07) is 3.75. The molecule has 1 aromatic heterocycles. The van der Waals surface area contributed by atoms with E-state index in [1.54, 1.807) is 17.9 Å². The minimum Gasteiger partial charge on any atom is -0.350 e. The number of carbonyl (C=O) groups excluding carboxylic acids is 1. The highest BCUT2D eigenvalue weighted by Gasteiger charge is 2.21. The highest BCUT2D eigenvalue weighted by atomic mass is 16.2. The van der Waals surface area contributed by atoms with Crippen LogP contribution in [0.3, 0.4) is 0 Å². The van der Waals surface area contributed by atoms with Crippen LogP contribution in [0.15, 0.2) is 12.3 Å². The number of anilines is 1. The van der Waals surface area contributed by atoms with E-state index < -0.39 is 0 Å². The van der Waals surface area contributed by atoms with Gasteiger partial charge in [-0.25, -0.2) is 0 Å². The summed E-state index contributed by atoms with van der Waals surface area (Å²) in [5.74, 6) is 0.697. The van der Waals surface area contributed by atoms with Crippen molar-refractivity contribution in [3.8, 4) is 6.07 Å². The highest BCUT2D eigenvalue weighted by molar-refractivity contribution is 5.73. The molecule has 2 rings (SSSR count). The molecule has 0 unspecified atom stereocenters. The summed E-state index contributed by atoms with van der Waals surface area (Å²) in [6.45, 7) is 4.27. The van der Waals surface area contributed by atoms with Crippen molar-refractivity contribution < 1.29 is 4.79 Å². The van der Waals surface area contributed by atoms with Crippen LogP contribution in [0, 0.1) is 11.3 Å². The molecule has 1 amide bonds. The van der Waals surface area contributed by atoms with Gasteiger partial charge < -0.3 is 9.80 Å². The van der Waals surface area contributed by atoms with Gasteiger partial charge in [0.05, 0.1) is 11.8 Å². The predicted molar refractivity (Wildman–Crippen MR) is 61.2 cm³/mol. The fraction of sp³-hybridized carbons (Fsp3) is 0.455. The van der Waals surface area contributed by atoms with Crippen molar-refractivity contribution in [1.82, 2.24) is 15.1 Å². The number of hydrogen-bond donors (Lipinski definition) is 0. The summed E-state index contributed by atoms with van der Waals surface area (Å²) in [7, 11) is 0. The average molecular weight is 231 g/mol. The van der Waals surface area contributed by atoms with Crippen LogP contribution in [-0.2, 0) is 4.79 Å². The maximum atomic E-state index is 11.2. The Morgan fingerprint density at radius 1 is 1.41 bits per heavy atom. The average Bonchev–Trinajstić information content (AvgIpc) is 2.39. The van der Waals surface area contributed by atoms with E-state index in [4.69, 9.17) is 5.26 Å². The first-order chi connectivity index (χ1) is 8.22. The van der Waals surface area contributed by atoms with E-state index in [0.29, 0.717) is 37.6 Å². The van der Waals surface area contributed by atoms with E-state index in [1.807, 2.05) is 4.90 Å². The minimum atomic E-state index is 0.0873. The fourth-order valence-corrected chi connectivity index (χ4v) is 1.88. The summed E-state index contributed by atoms with van der Waals surface area (Å²) < 4.78 is 0. The van der Waals surface area contributed by atoms with Gasteiger partial charge in [0.25, 0.3) is 0 Å². The number of hydrogen-bond acceptors (Lipinski definition) is 5. The van der Waals surface area contributed by atoms with Crippen molar-refractivity contribution in [2.45, 2.75) is 6.92 Å². The van der Waals surface area contributed by atoms with Crippen LogP contribution in [-0.4, -0.2) is 47.2 Å². The Kier molecular flexibility index (Phi) is 3.19. The van der Waals surface area contributed by atoms with Crippen LogP contribution >= 0.6 is 0 Å². The Morgan fingerprint density at radius 3 is 2.71 bits per heavy atom. The third kappa shape index (κ3) is 2.33. The molecule has 0 atom stereocenters. The van der Waals surface area contributed by atoms with Gasteiger partial charge in [-0.15, -0.1) is 5.10 Å². The van der Waals surface area contributed by atoms with E-state index in [9.17, 15) is 4.79 Å². The molecule has 0 radical (unpaired) electrons. The van der Waals surface area contributed by atoms with E-state index in [1.165, 1.54) is 6.20 Å². The fourth-order valence-electron chi connectivity index (χ4n) is 1.88. The van der Waals surface area contributed by atoms with E-state index in [-0.39, 0.29) is 5.91 Å². The Bertz CT molecular complexity index is 459. The molecular formula is C11H13N5O. The van der Waals surface area contributed by atoms with Gasteiger partial charge in [-0.1, -0.05) is 0 Å². The molecule has 0 bridgehead atoms. The maximum Gasteiger partial charge on any atom is 0.219 e. The molecule has 1 aliphatic heterocycles. The number of carbonyl (C=O) groups is 1. The molecule has 1 aromatic rings. The van der Waals surface area contributed by atoms with Crippen LogP contribution in [0.25, 0.3) is 0 Å². The molecule has 0 saturated carbocycles. The lowest BCUT2D eigenvalue weighted by Gasteiger charge is -2.34. The third-order valence-corrected chi connectivity index (χ3v) is 2.85. The van der Waals surface area contributed by atoms with E-state index >= 15 is 0 Å². The van der Waals surface area contributed by atoms with Crippen LogP contribution in [0.2, 0.25) is 0 Å². The molecule has 0 spiro atoms. The Labute approximate surface area is 99.5 Å². The molecule has 2 heterocycles. The number of aromatic nitrogens is 2. The number of nitriles is 1. The zero-order chi connectivity index (χ0) is 12.3. The van der Waals surface area contributed by atoms with Gasteiger partial charge >= 0.3 is 0 Å². The molecule has 0 N–H and O–H groups in total. The monoisotopic (exact) mass is 231 g/mol. The van der Waals surface area contributed by atoms with Crippen LogP contribution < -0.4 is 4.90 Å². The first-order valence-corrected chi connectivity index (χ1v) is 5.44. The third-order valence-electron chi connectivity index (χ3n) is 2.85. The molecule has 6 heteroatoms. The van der Waals surface area contributed by atoms with Crippen molar-refractivity contribution >= 4 is 11.7 Å². The molecule has 1 saturated heterocycles. The summed E-state index contributed by atoms with van der Waals surface area (Å²) in [4.78, 5) is 15.0. The molecule has 0 aromatic carbocycles. The second kappa shape index (κ2) is 4.78. The zero-order valence-corrected chi connectivity index (χ0v) is 9.63. The first kappa shape index (κ1) is 11.3. The maximum absolute atomic E-state index is 11.2. The van der Waals surface area contributed by atoms with Gasteiger partial charge in [0.1, 0.15) is 6.07 Å². The SMILES string of the molecule is CC(=O)N1CCN(c2nnccc2C#N)CC1. The molecule has 6 nitrogen and oxygen atoms in total. The summed E-state index contributed by atoms with van der Waals surface area (Å²) in [5, 5.41) is 16.8. The second-order valence-electron chi connectivity index (χ2n) is 3.87. The zero-order valence-electron chi connectivity index (χ0n) is 9.63. The number of amides is 1. The largest absolute Gasteiger partial charge is 0.350 e. The minimum absolute atomic E-state index is 0.0873. The van der Waals surface area contributed by atoms with Gasteiger partial charge in [0, 0.05) is 33.1 Å². The lowest BCUT2D eigenvalue weighted by molar-refractivity contribution is -0.129. The Balaban J connectivity index is 2.11. The van der Waals surface area contributed by atoms with Gasteiger partial charge in [0.2, 0.25) is 5.91 Å². The molecule has 1 fully saturated rings. The van der Waals surface area contributed by atoms with Crippen molar-refractivity contribution in [1.29, 1.82) is 5.26 Å².